The number of aromatic nitrogens is 8. The highest BCUT2D eigenvalue weighted by molar-refractivity contribution is 9.10. The van der Waals surface area contributed by atoms with E-state index in [0.717, 1.165) is 32.4 Å². The zero-order valence-corrected chi connectivity index (χ0v) is 49.7. The SMILES string of the molecule is CC(C)(C)OC(=O)c1ccc(NC(=O)c2cccc(-c3cc(Br)c4ncnn4c3)c2)cc1.COc1ccc(N)nc1OC.COc1ccc(Nc2cc(-c3cccc(C(=O)Nc4ccc(C(=O)OC(C)(C)C)cc4)c3)cn3ncnc23)nc1OC. The number of anilines is 5. The molecule has 0 fully saturated rings. The molecular weight excluding hydrogens is 1150 g/mol. The van der Waals surface area contributed by atoms with Gasteiger partial charge in [-0.15, -0.1) is 0 Å². The van der Waals surface area contributed by atoms with Crippen LogP contribution in [0.15, 0.2) is 163 Å². The number of fused-ring (bicyclic) bond motifs is 2. The van der Waals surface area contributed by atoms with Crippen molar-refractivity contribution in [3.8, 4) is 45.5 Å². The first-order chi connectivity index (χ1) is 40.6. The minimum Gasteiger partial charge on any atom is -0.491 e. The number of benzene rings is 4. The van der Waals surface area contributed by atoms with Crippen molar-refractivity contribution in [3.05, 3.63) is 185 Å². The number of ether oxygens (including phenoxy) is 6. The van der Waals surface area contributed by atoms with E-state index in [4.69, 9.17) is 34.2 Å². The maximum absolute atomic E-state index is 13.1. The van der Waals surface area contributed by atoms with Crippen LogP contribution in [0.5, 0.6) is 23.3 Å². The Kier molecular flexibility index (Phi) is 19.0. The number of methoxy groups -OCH3 is 4. The molecular formula is C62H61BrN12O10. The minimum absolute atomic E-state index is 0.252. The molecule has 6 aromatic heterocycles. The fourth-order valence-electron chi connectivity index (χ4n) is 8.04. The van der Waals surface area contributed by atoms with E-state index >= 15 is 0 Å². The quantitative estimate of drug-likeness (QED) is 0.0737. The summed E-state index contributed by atoms with van der Waals surface area (Å²) in [6.07, 6.45) is 6.65. The number of esters is 2. The summed E-state index contributed by atoms with van der Waals surface area (Å²) in [6, 6.07) is 38.5. The third kappa shape index (κ3) is 16.0. The summed E-state index contributed by atoms with van der Waals surface area (Å²) in [6.45, 7) is 10.9. The van der Waals surface area contributed by atoms with Gasteiger partial charge in [0, 0.05) is 46.0 Å². The lowest BCUT2D eigenvalue weighted by Crippen LogP contribution is -2.23. The van der Waals surface area contributed by atoms with E-state index in [1.165, 1.54) is 26.9 Å². The number of carbonyl (C=O) groups is 4. The molecule has 0 radical (unpaired) electrons. The Bertz CT molecular complexity index is 4030. The van der Waals surface area contributed by atoms with Crippen LogP contribution >= 0.6 is 15.9 Å². The van der Waals surface area contributed by atoms with Gasteiger partial charge in [0.2, 0.25) is 0 Å². The third-order valence-electron chi connectivity index (χ3n) is 11.9. The second-order valence-electron chi connectivity index (χ2n) is 20.5. The lowest BCUT2D eigenvalue weighted by Gasteiger charge is -2.19. The molecule has 85 heavy (non-hydrogen) atoms. The molecule has 0 saturated heterocycles. The van der Waals surface area contributed by atoms with Crippen LogP contribution in [-0.4, -0.2) is 103 Å². The standard InChI is InChI=1S/C31H30N6O5.C24H21BrN4O3.C7H10N2O2/c1-31(2,3)42-30(39)19-9-11-23(12-10-19)34-28(38)21-8-6-7-20(15-21)22-16-24(27-32-18-33-37(27)17-22)35-26-14-13-25(40-4)29(36-26)41-5;1-24(2,3)32-23(31)15-7-9-19(10-8-15)28-22(30)17-6-4-5-16(11-17)18-12-20(25)21-26-14-27-29(21)13-18;1-10-5-3-4-6(8)9-7(5)11-2/h6-18H,1-5H3,(H,34,38)(H,35,36);4-14H,1-3H3,(H,28,30);3-4H,1-2H3,(H2,8,9). The molecule has 0 spiro atoms. The van der Waals surface area contributed by atoms with Crippen LogP contribution in [0.25, 0.3) is 33.5 Å². The fourth-order valence-corrected chi connectivity index (χ4v) is 8.57. The number of amides is 2. The molecule has 436 valence electrons. The molecule has 0 aliphatic rings. The molecule has 23 heteroatoms. The van der Waals surface area contributed by atoms with Gasteiger partial charge in [0.15, 0.2) is 22.8 Å². The molecule has 5 N–H and O–H groups in total. The number of hydrogen-bond donors (Lipinski definition) is 4. The molecule has 10 rings (SSSR count). The average molecular weight is 1210 g/mol. The van der Waals surface area contributed by atoms with Crippen LogP contribution in [0.4, 0.5) is 28.7 Å². The van der Waals surface area contributed by atoms with Gasteiger partial charge in [-0.3, -0.25) is 9.59 Å². The third-order valence-corrected chi connectivity index (χ3v) is 12.5. The predicted molar refractivity (Wildman–Crippen MR) is 326 cm³/mol. The van der Waals surface area contributed by atoms with Crippen molar-refractivity contribution in [3.63, 3.8) is 0 Å². The van der Waals surface area contributed by atoms with E-state index in [0.29, 0.717) is 79.9 Å². The first-order valence-electron chi connectivity index (χ1n) is 26.1. The summed E-state index contributed by atoms with van der Waals surface area (Å²) >= 11 is 3.51. The molecule has 22 nitrogen and oxygen atoms in total. The number of rotatable bonds is 14. The smallest absolute Gasteiger partial charge is 0.338 e. The average Bonchev–Trinajstić information content (AvgIpc) is 3.70. The molecule has 10 aromatic rings. The summed E-state index contributed by atoms with van der Waals surface area (Å²) in [5.41, 5.74) is 12.5. The van der Waals surface area contributed by atoms with Crippen LogP contribution in [0.3, 0.4) is 0 Å². The zero-order valence-electron chi connectivity index (χ0n) is 48.1. The maximum Gasteiger partial charge on any atom is 0.338 e. The van der Waals surface area contributed by atoms with Gasteiger partial charge in [-0.1, -0.05) is 24.3 Å². The van der Waals surface area contributed by atoms with E-state index in [2.05, 4.69) is 62.0 Å². The van der Waals surface area contributed by atoms with E-state index in [9.17, 15) is 19.2 Å². The number of nitrogens with one attached hydrogen (secondary N) is 3. The Morgan fingerprint density at radius 2 is 0.965 bits per heavy atom. The van der Waals surface area contributed by atoms with Crippen molar-refractivity contribution in [1.82, 2.24) is 39.2 Å². The normalized spacial score (nSPS) is 11.0. The second-order valence-corrected chi connectivity index (χ2v) is 21.3. The first-order valence-corrected chi connectivity index (χ1v) is 26.9. The number of hydrogen-bond acceptors (Lipinski definition) is 18. The van der Waals surface area contributed by atoms with Gasteiger partial charge in [0.05, 0.1) is 49.7 Å². The maximum atomic E-state index is 13.1. The number of nitrogen functional groups attached to an aromatic ring is 1. The molecule has 0 atom stereocenters. The Morgan fingerprint density at radius 3 is 1.45 bits per heavy atom. The summed E-state index contributed by atoms with van der Waals surface area (Å²) in [4.78, 5) is 67.3. The van der Waals surface area contributed by atoms with Crippen LogP contribution in [0, 0.1) is 0 Å². The number of nitrogens with two attached hydrogens (primary N) is 1. The summed E-state index contributed by atoms with van der Waals surface area (Å²) < 4.78 is 35.4. The fraction of sp³-hybridized carbons (Fsp3) is 0.194. The van der Waals surface area contributed by atoms with Crippen LogP contribution < -0.4 is 40.6 Å². The van der Waals surface area contributed by atoms with Crippen LogP contribution in [-0.2, 0) is 9.47 Å². The highest BCUT2D eigenvalue weighted by Crippen LogP contribution is 2.32. The molecule has 0 saturated carbocycles. The second kappa shape index (κ2) is 26.7. The molecule has 6 heterocycles. The minimum atomic E-state index is -0.593. The number of carbonyl (C=O) groups excluding carboxylic acids is 4. The van der Waals surface area contributed by atoms with Crippen molar-refractivity contribution < 1.29 is 47.6 Å². The monoisotopic (exact) mass is 1210 g/mol. The zero-order chi connectivity index (χ0) is 61.0. The van der Waals surface area contributed by atoms with Crippen molar-refractivity contribution in [1.29, 1.82) is 0 Å². The Morgan fingerprint density at radius 1 is 0.506 bits per heavy atom. The highest BCUT2D eigenvalue weighted by Gasteiger charge is 2.21. The lowest BCUT2D eigenvalue weighted by atomic mass is 10.0. The van der Waals surface area contributed by atoms with Crippen molar-refractivity contribution in [2.24, 2.45) is 0 Å². The van der Waals surface area contributed by atoms with E-state index < -0.39 is 23.1 Å². The number of halogens is 1. The van der Waals surface area contributed by atoms with Gasteiger partial charge in [-0.25, -0.2) is 28.6 Å². The molecule has 0 aliphatic heterocycles. The van der Waals surface area contributed by atoms with E-state index in [-0.39, 0.29) is 11.8 Å². The highest BCUT2D eigenvalue weighted by atomic mass is 79.9. The van der Waals surface area contributed by atoms with Gasteiger partial charge < -0.3 is 50.1 Å². The molecule has 2 amide bonds. The van der Waals surface area contributed by atoms with Gasteiger partial charge >= 0.3 is 11.9 Å². The van der Waals surface area contributed by atoms with Crippen molar-refractivity contribution >= 4 is 79.7 Å². The largest absolute Gasteiger partial charge is 0.491 e. The number of nitrogens with zero attached hydrogens (tertiary/aromatic N) is 8. The summed E-state index contributed by atoms with van der Waals surface area (Å²) in [5, 5.41) is 17.5. The molecule has 0 unspecified atom stereocenters. The summed E-state index contributed by atoms with van der Waals surface area (Å²) in [5.74, 6) is 1.42. The van der Waals surface area contributed by atoms with E-state index in [1.807, 2.05) is 96.4 Å². The Labute approximate surface area is 497 Å². The molecule has 0 bridgehead atoms. The van der Waals surface area contributed by atoms with Gasteiger partial charge in [-0.2, -0.15) is 20.2 Å². The molecule has 4 aromatic carbocycles. The van der Waals surface area contributed by atoms with Crippen molar-refractivity contribution in [2.45, 2.75) is 52.7 Å². The Balaban J connectivity index is 0.000000192. The predicted octanol–water partition coefficient (Wildman–Crippen LogP) is 11.8. The van der Waals surface area contributed by atoms with E-state index in [1.54, 1.807) is 114 Å². The topological polar surface area (TPSA) is 272 Å². The van der Waals surface area contributed by atoms with Crippen molar-refractivity contribution in [2.75, 3.05) is 50.1 Å². The van der Waals surface area contributed by atoms with Gasteiger partial charge in [0.1, 0.15) is 35.5 Å². The summed E-state index contributed by atoms with van der Waals surface area (Å²) in [7, 11) is 6.14. The first kappa shape index (κ1) is 60.7. The van der Waals surface area contributed by atoms with Crippen LogP contribution in [0.1, 0.15) is 83.0 Å². The number of pyridine rings is 4. The van der Waals surface area contributed by atoms with Gasteiger partial charge in [0.25, 0.3) is 23.6 Å². The molecule has 0 aliphatic carbocycles. The van der Waals surface area contributed by atoms with Gasteiger partial charge in [-0.05, 0) is 178 Å². The Hall–Kier alpha value is -10.4. The lowest BCUT2D eigenvalue weighted by molar-refractivity contribution is 0.00570. The van der Waals surface area contributed by atoms with Crippen LogP contribution in [0.2, 0.25) is 0 Å².